The lowest BCUT2D eigenvalue weighted by Gasteiger charge is -2.14. The second-order valence-electron chi connectivity index (χ2n) is 9.72. The Morgan fingerprint density at radius 2 is 2.00 bits per heavy atom. The topological polar surface area (TPSA) is 92.9 Å². The molecular weight excluding hydrogens is 448 g/mol. The van der Waals surface area contributed by atoms with E-state index in [2.05, 4.69) is 24.0 Å². The number of H-pyrrole nitrogens is 1. The zero-order valence-electron chi connectivity index (χ0n) is 20.0. The first kappa shape index (κ1) is 22.8. The highest BCUT2D eigenvalue weighted by molar-refractivity contribution is 7.19. The lowest BCUT2D eigenvalue weighted by molar-refractivity contribution is 0.282. The van der Waals surface area contributed by atoms with Crippen LogP contribution in [-0.2, 0) is 19.6 Å². The molecule has 1 aromatic carbocycles. The molecule has 34 heavy (non-hydrogen) atoms. The van der Waals surface area contributed by atoms with Gasteiger partial charge in [0.05, 0.1) is 17.7 Å². The fraction of sp³-hybridized carbons (Fsp3) is 0.423. The Labute approximate surface area is 201 Å². The average Bonchev–Trinajstić information content (AvgIpc) is 3.49. The summed E-state index contributed by atoms with van der Waals surface area (Å²) in [6.07, 6.45) is 2.34. The number of aliphatic hydroxyl groups is 1. The van der Waals surface area contributed by atoms with Crippen molar-refractivity contribution in [3.63, 3.8) is 0 Å². The molecule has 1 fully saturated rings. The fourth-order valence-corrected chi connectivity index (χ4v) is 6.03. The maximum absolute atomic E-state index is 13.9. The van der Waals surface area contributed by atoms with Crippen molar-refractivity contribution in [3.05, 3.63) is 72.5 Å². The molecule has 0 atom stereocenters. The normalized spacial score (nSPS) is 13.9. The Hall–Kier alpha value is -2.97. The number of benzene rings is 1. The van der Waals surface area contributed by atoms with Crippen LogP contribution in [0.4, 0.5) is 0 Å². The Morgan fingerprint density at radius 3 is 2.62 bits per heavy atom. The van der Waals surface area contributed by atoms with E-state index in [0.717, 1.165) is 56.2 Å². The van der Waals surface area contributed by atoms with Crippen molar-refractivity contribution in [3.8, 4) is 11.1 Å². The van der Waals surface area contributed by atoms with E-state index in [1.807, 2.05) is 42.7 Å². The van der Waals surface area contributed by atoms with Gasteiger partial charge in [0.2, 0.25) is 0 Å². The summed E-state index contributed by atoms with van der Waals surface area (Å²) in [5, 5.41) is 17.8. The van der Waals surface area contributed by atoms with Crippen molar-refractivity contribution in [1.29, 1.82) is 0 Å². The maximum Gasteiger partial charge on any atom is 0.332 e. The average molecular weight is 479 g/mol. The molecule has 178 valence electrons. The maximum atomic E-state index is 13.9. The van der Waals surface area contributed by atoms with E-state index < -0.39 is 0 Å². The van der Waals surface area contributed by atoms with E-state index >= 15 is 0 Å². The van der Waals surface area contributed by atoms with Crippen molar-refractivity contribution in [2.24, 2.45) is 5.92 Å². The summed E-state index contributed by atoms with van der Waals surface area (Å²) in [5.41, 5.74) is 5.18. The van der Waals surface area contributed by atoms with Gasteiger partial charge in [-0.3, -0.25) is 19.0 Å². The molecule has 3 aromatic heterocycles. The van der Waals surface area contributed by atoms with Crippen LogP contribution in [0.25, 0.3) is 21.3 Å². The number of hydrogen-bond acceptors (Lipinski definition) is 5. The lowest BCUT2D eigenvalue weighted by atomic mass is 9.98. The summed E-state index contributed by atoms with van der Waals surface area (Å²) in [7, 11) is 0. The smallest absolute Gasteiger partial charge is 0.332 e. The Bertz CT molecular complexity index is 1480. The quantitative estimate of drug-likeness (QED) is 0.414. The van der Waals surface area contributed by atoms with Gasteiger partial charge in [-0.25, -0.2) is 4.79 Å². The second kappa shape index (κ2) is 8.67. The van der Waals surface area contributed by atoms with Crippen LogP contribution < -0.4 is 11.2 Å². The number of thiophene rings is 1. The molecular formula is C26H30N4O3S. The molecule has 0 spiro atoms. The van der Waals surface area contributed by atoms with Gasteiger partial charge in [0.1, 0.15) is 4.83 Å². The molecule has 1 aliphatic carbocycles. The predicted molar refractivity (Wildman–Crippen MR) is 136 cm³/mol. The highest BCUT2D eigenvalue weighted by Crippen LogP contribution is 2.40. The number of aromatic amines is 1. The van der Waals surface area contributed by atoms with Crippen LogP contribution in [0.2, 0.25) is 0 Å². The van der Waals surface area contributed by atoms with Crippen molar-refractivity contribution < 1.29 is 5.11 Å². The molecule has 0 unspecified atom stereocenters. The van der Waals surface area contributed by atoms with Gasteiger partial charge in [-0.2, -0.15) is 5.10 Å². The van der Waals surface area contributed by atoms with Gasteiger partial charge in [-0.15, -0.1) is 11.3 Å². The van der Waals surface area contributed by atoms with E-state index in [0.29, 0.717) is 18.4 Å². The SMILES string of the molecule is Cc1n[nH]c(C)c1Cc1sc2c(c1-c1cccc(CO)c1)c(=O)n(C1CC1)c(=O)n2CC(C)C. The molecule has 3 heterocycles. The monoisotopic (exact) mass is 478 g/mol. The number of nitrogens with one attached hydrogen (secondary N) is 1. The Balaban J connectivity index is 1.87. The molecule has 0 radical (unpaired) electrons. The lowest BCUT2D eigenvalue weighted by Crippen LogP contribution is -2.39. The van der Waals surface area contributed by atoms with E-state index in [9.17, 15) is 14.7 Å². The van der Waals surface area contributed by atoms with E-state index in [1.165, 1.54) is 15.9 Å². The van der Waals surface area contributed by atoms with Crippen LogP contribution in [0.15, 0.2) is 33.9 Å². The highest BCUT2D eigenvalue weighted by atomic mass is 32.1. The minimum Gasteiger partial charge on any atom is -0.392 e. The molecule has 0 aliphatic heterocycles. The molecule has 2 N–H and O–H groups in total. The summed E-state index contributed by atoms with van der Waals surface area (Å²) in [6.45, 7) is 8.64. The van der Waals surface area contributed by atoms with Gasteiger partial charge in [0.15, 0.2) is 0 Å². The summed E-state index contributed by atoms with van der Waals surface area (Å²) >= 11 is 1.53. The number of rotatable bonds is 7. The first-order valence-corrected chi connectivity index (χ1v) is 12.6. The Kier molecular flexibility index (Phi) is 5.81. The molecule has 5 rings (SSSR count). The van der Waals surface area contributed by atoms with Gasteiger partial charge >= 0.3 is 5.69 Å². The minimum atomic E-state index is -0.201. The minimum absolute atomic E-state index is 0.0128. The summed E-state index contributed by atoms with van der Waals surface area (Å²) < 4.78 is 3.29. The van der Waals surface area contributed by atoms with Crippen molar-refractivity contribution in [2.75, 3.05) is 0 Å². The van der Waals surface area contributed by atoms with Crippen LogP contribution in [0.1, 0.15) is 60.1 Å². The standard InChI is InChI=1S/C26H30N4O3S/c1-14(2)12-29-25-23(24(32)30(26(29)33)19-8-9-19)22(18-7-5-6-17(10-18)13-31)21(34-25)11-20-15(3)27-28-16(20)4/h5-7,10,14,19,31H,8-9,11-13H2,1-4H3,(H,27,28). The summed E-state index contributed by atoms with van der Waals surface area (Å²) in [5.74, 6) is 0.260. The largest absolute Gasteiger partial charge is 0.392 e. The third-order valence-corrected chi connectivity index (χ3v) is 7.77. The molecule has 1 saturated carbocycles. The van der Waals surface area contributed by atoms with Crippen molar-refractivity contribution in [1.82, 2.24) is 19.3 Å². The van der Waals surface area contributed by atoms with Crippen molar-refractivity contribution in [2.45, 2.75) is 66.2 Å². The number of hydrogen-bond donors (Lipinski definition) is 2. The fourth-order valence-electron chi connectivity index (χ4n) is 4.71. The third kappa shape index (κ3) is 3.84. The highest BCUT2D eigenvalue weighted by Gasteiger charge is 2.31. The summed E-state index contributed by atoms with van der Waals surface area (Å²) in [6, 6.07) is 7.70. The summed E-state index contributed by atoms with van der Waals surface area (Å²) in [4.78, 5) is 29.1. The van der Waals surface area contributed by atoms with E-state index in [-0.39, 0.29) is 29.8 Å². The van der Waals surface area contributed by atoms with Gasteiger partial charge < -0.3 is 5.11 Å². The Morgan fingerprint density at radius 1 is 1.24 bits per heavy atom. The molecule has 4 aromatic rings. The van der Waals surface area contributed by atoms with Gasteiger partial charge in [0, 0.05) is 40.7 Å². The van der Waals surface area contributed by atoms with Gasteiger partial charge in [-0.1, -0.05) is 32.0 Å². The first-order chi connectivity index (χ1) is 16.3. The first-order valence-electron chi connectivity index (χ1n) is 11.8. The van der Waals surface area contributed by atoms with Gasteiger partial charge in [0.25, 0.3) is 5.56 Å². The number of aliphatic hydroxyl groups excluding tert-OH is 1. The molecule has 1 aliphatic rings. The number of fused-ring (bicyclic) bond motifs is 1. The predicted octanol–water partition coefficient (Wildman–Crippen LogP) is 4.31. The molecule has 0 amide bonds. The second-order valence-corrected chi connectivity index (χ2v) is 10.8. The van der Waals surface area contributed by atoms with Crippen LogP contribution in [0.3, 0.4) is 0 Å². The zero-order valence-corrected chi connectivity index (χ0v) is 20.8. The van der Waals surface area contributed by atoms with Crippen molar-refractivity contribution >= 4 is 21.6 Å². The van der Waals surface area contributed by atoms with Crippen LogP contribution in [0, 0.1) is 19.8 Å². The van der Waals surface area contributed by atoms with Crippen LogP contribution >= 0.6 is 11.3 Å². The van der Waals surface area contributed by atoms with Gasteiger partial charge in [-0.05, 0) is 49.8 Å². The van der Waals surface area contributed by atoms with E-state index in [1.54, 1.807) is 0 Å². The number of nitrogens with zero attached hydrogens (tertiary/aromatic N) is 3. The molecule has 8 heteroatoms. The third-order valence-electron chi connectivity index (χ3n) is 6.55. The molecule has 7 nitrogen and oxygen atoms in total. The van der Waals surface area contributed by atoms with E-state index in [4.69, 9.17) is 0 Å². The molecule has 0 saturated heterocycles. The number of aryl methyl sites for hydroxylation is 2. The molecule has 0 bridgehead atoms. The number of aromatic nitrogens is 4. The van der Waals surface area contributed by atoms with Crippen LogP contribution in [-0.4, -0.2) is 24.4 Å². The van der Waals surface area contributed by atoms with Crippen LogP contribution in [0.5, 0.6) is 0 Å². The zero-order chi connectivity index (χ0) is 24.1.